The third-order valence-corrected chi connectivity index (χ3v) is 5.76. The second-order valence-corrected chi connectivity index (χ2v) is 8.00. The number of hydrogen-bond acceptors (Lipinski definition) is 3. The molecular weight excluding hydrogens is 246 g/mol. The summed E-state index contributed by atoms with van der Waals surface area (Å²) in [5.41, 5.74) is 1.52. The standard InChI is InChI=1S/C14H21NS2/c1-14(2,16-3)10-15-9-12-8-11-6-4-5-7-13(11)17-12/h4-7,12,15H,8-10H2,1-3H3. The Hall–Kier alpha value is -0.120. The lowest BCUT2D eigenvalue weighted by Crippen LogP contribution is -2.35. The lowest BCUT2D eigenvalue weighted by Gasteiger charge is -2.23. The maximum atomic E-state index is 3.61. The van der Waals surface area contributed by atoms with E-state index in [1.807, 2.05) is 23.5 Å². The van der Waals surface area contributed by atoms with E-state index in [9.17, 15) is 0 Å². The number of thioether (sulfide) groups is 2. The summed E-state index contributed by atoms with van der Waals surface area (Å²) in [6, 6.07) is 8.78. The predicted octanol–water partition coefficient (Wildman–Crippen LogP) is 3.43. The molecule has 1 N–H and O–H groups in total. The molecule has 1 aromatic rings. The number of nitrogens with one attached hydrogen (secondary N) is 1. The van der Waals surface area contributed by atoms with Crippen molar-refractivity contribution in [3.05, 3.63) is 29.8 Å². The molecule has 1 aliphatic heterocycles. The molecule has 0 saturated heterocycles. The normalized spacial score (nSPS) is 19.4. The van der Waals surface area contributed by atoms with Gasteiger partial charge in [0, 0.05) is 28.0 Å². The Labute approximate surface area is 113 Å². The summed E-state index contributed by atoms with van der Waals surface area (Å²) < 4.78 is 0.343. The minimum Gasteiger partial charge on any atom is -0.314 e. The molecule has 0 radical (unpaired) electrons. The van der Waals surface area contributed by atoms with Crippen LogP contribution < -0.4 is 5.32 Å². The third kappa shape index (κ3) is 3.67. The summed E-state index contributed by atoms with van der Waals surface area (Å²) in [7, 11) is 0. The van der Waals surface area contributed by atoms with Gasteiger partial charge in [0.1, 0.15) is 0 Å². The van der Waals surface area contributed by atoms with Crippen LogP contribution in [-0.4, -0.2) is 29.3 Å². The Balaban J connectivity index is 1.77. The smallest absolute Gasteiger partial charge is 0.0260 e. The van der Waals surface area contributed by atoms with Crippen LogP contribution in [0.25, 0.3) is 0 Å². The fourth-order valence-corrected chi connectivity index (χ4v) is 3.50. The van der Waals surface area contributed by atoms with Crippen molar-refractivity contribution >= 4 is 23.5 Å². The van der Waals surface area contributed by atoms with Crippen molar-refractivity contribution in [3.8, 4) is 0 Å². The molecule has 0 saturated carbocycles. The van der Waals surface area contributed by atoms with Crippen molar-refractivity contribution in [2.24, 2.45) is 0 Å². The maximum absolute atomic E-state index is 3.61. The molecule has 1 aliphatic rings. The average molecular weight is 267 g/mol. The Morgan fingerprint density at radius 1 is 1.41 bits per heavy atom. The van der Waals surface area contributed by atoms with Gasteiger partial charge in [-0.1, -0.05) is 18.2 Å². The second kappa shape index (κ2) is 5.68. The summed E-state index contributed by atoms with van der Waals surface area (Å²) in [5.74, 6) is 0. The molecule has 2 rings (SSSR count). The summed E-state index contributed by atoms with van der Waals surface area (Å²) in [6.45, 7) is 6.79. The highest BCUT2D eigenvalue weighted by Crippen LogP contribution is 2.36. The molecule has 0 bridgehead atoms. The van der Waals surface area contributed by atoms with Crippen LogP contribution in [0.2, 0.25) is 0 Å². The lowest BCUT2D eigenvalue weighted by atomic mass is 10.1. The van der Waals surface area contributed by atoms with E-state index in [-0.39, 0.29) is 0 Å². The largest absolute Gasteiger partial charge is 0.314 e. The molecule has 1 nitrogen and oxygen atoms in total. The number of fused-ring (bicyclic) bond motifs is 1. The minimum absolute atomic E-state index is 0.343. The van der Waals surface area contributed by atoms with E-state index in [0.717, 1.165) is 13.1 Å². The van der Waals surface area contributed by atoms with E-state index in [1.54, 1.807) is 0 Å². The maximum Gasteiger partial charge on any atom is 0.0260 e. The van der Waals surface area contributed by atoms with Gasteiger partial charge in [-0.15, -0.1) is 11.8 Å². The number of hydrogen-bond donors (Lipinski definition) is 1. The first kappa shape index (κ1) is 13.3. The van der Waals surface area contributed by atoms with Crippen molar-refractivity contribution < 1.29 is 0 Å². The van der Waals surface area contributed by atoms with Gasteiger partial charge in [0.15, 0.2) is 0 Å². The first-order chi connectivity index (χ1) is 8.11. The van der Waals surface area contributed by atoms with Crippen LogP contribution in [0, 0.1) is 0 Å². The molecule has 3 heteroatoms. The van der Waals surface area contributed by atoms with E-state index in [2.05, 4.69) is 49.7 Å². The zero-order valence-corrected chi connectivity index (χ0v) is 12.5. The first-order valence-corrected chi connectivity index (χ1v) is 8.21. The van der Waals surface area contributed by atoms with Gasteiger partial charge in [-0.05, 0) is 38.2 Å². The molecule has 0 aromatic heterocycles. The van der Waals surface area contributed by atoms with Crippen LogP contribution >= 0.6 is 23.5 Å². The van der Waals surface area contributed by atoms with Gasteiger partial charge in [-0.25, -0.2) is 0 Å². The first-order valence-electron chi connectivity index (χ1n) is 6.11. The van der Waals surface area contributed by atoms with Crippen LogP contribution in [0.15, 0.2) is 29.2 Å². The van der Waals surface area contributed by atoms with Gasteiger partial charge in [-0.3, -0.25) is 0 Å². The predicted molar refractivity (Wildman–Crippen MR) is 80.3 cm³/mol. The molecule has 1 atom stereocenters. The molecule has 0 amide bonds. The van der Waals surface area contributed by atoms with Crippen LogP contribution in [0.3, 0.4) is 0 Å². The van der Waals surface area contributed by atoms with Crippen molar-refractivity contribution in [3.63, 3.8) is 0 Å². The van der Waals surface area contributed by atoms with Crippen molar-refractivity contribution in [1.29, 1.82) is 0 Å². The fraction of sp³-hybridized carbons (Fsp3) is 0.571. The molecule has 1 unspecified atom stereocenters. The zero-order valence-electron chi connectivity index (χ0n) is 10.8. The monoisotopic (exact) mass is 267 g/mol. The fourth-order valence-electron chi connectivity index (χ4n) is 1.97. The summed E-state index contributed by atoms with van der Waals surface area (Å²) in [5, 5.41) is 4.32. The molecule has 0 fully saturated rings. The van der Waals surface area contributed by atoms with Gasteiger partial charge in [0.05, 0.1) is 0 Å². The topological polar surface area (TPSA) is 12.0 Å². The van der Waals surface area contributed by atoms with Gasteiger partial charge in [0.2, 0.25) is 0 Å². The Kier molecular flexibility index (Phi) is 4.45. The Morgan fingerprint density at radius 3 is 2.88 bits per heavy atom. The highest BCUT2D eigenvalue weighted by molar-refractivity contribution is 8.00. The molecular formula is C14H21NS2. The molecule has 17 heavy (non-hydrogen) atoms. The zero-order chi connectivity index (χ0) is 12.3. The van der Waals surface area contributed by atoms with Crippen LogP contribution in [0.1, 0.15) is 19.4 Å². The van der Waals surface area contributed by atoms with E-state index in [1.165, 1.54) is 16.9 Å². The summed E-state index contributed by atoms with van der Waals surface area (Å²) in [4.78, 5) is 1.48. The van der Waals surface area contributed by atoms with E-state index >= 15 is 0 Å². The number of rotatable bonds is 5. The van der Waals surface area contributed by atoms with Gasteiger partial charge >= 0.3 is 0 Å². The molecule has 1 aromatic carbocycles. The minimum atomic E-state index is 0.343. The summed E-state index contributed by atoms with van der Waals surface area (Å²) >= 11 is 3.95. The Morgan fingerprint density at radius 2 is 2.18 bits per heavy atom. The highest BCUT2D eigenvalue weighted by Gasteiger charge is 2.22. The van der Waals surface area contributed by atoms with Gasteiger partial charge < -0.3 is 5.32 Å². The van der Waals surface area contributed by atoms with Crippen molar-refractivity contribution in [1.82, 2.24) is 5.32 Å². The van der Waals surface area contributed by atoms with Gasteiger partial charge in [0.25, 0.3) is 0 Å². The lowest BCUT2D eigenvalue weighted by molar-refractivity contribution is 0.584. The molecule has 0 spiro atoms. The molecule has 94 valence electrons. The SMILES string of the molecule is CSC(C)(C)CNCC1Cc2ccccc2S1. The average Bonchev–Trinajstić information content (AvgIpc) is 2.71. The quantitative estimate of drug-likeness (QED) is 0.878. The van der Waals surface area contributed by atoms with Crippen LogP contribution in [-0.2, 0) is 6.42 Å². The summed E-state index contributed by atoms with van der Waals surface area (Å²) in [6.07, 6.45) is 3.40. The Bertz CT molecular complexity index is 351. The van der Waals surface area contributed by atoms with Gasteiger partial charge in [-0.2, -0.15) is 11.8 Å². The van der Waals surface area contributed by atoms with Crippen LogP contribution in [0.5, 0.6) is 0 Å². The molecule has 1 heterocycles. The van der Waals surface area contributed by atoms with E-state index in [4.69, 9.17) is 0 Å². The van der Waals surface area contributed by atoms with Crippen molar-refractivity contribution in [2.75, 3.05) is 19.3 Å². The van der Waals surface area contributed by atoms with E-state index in [0.29, 0.717) is 10.00 Å². The molecule has 0 aliphatic carbocycles. The van der Waals surface area contributed by atoms with Crippen LogP contribution in [0.4, 0.5) is 0 Å². The second-order valence-electron chi connectivity index (χ2n) is 5.15. The van der Waals surface area contributed by atoms with E-state index < -0.39 is 0 Å². The third-order valence-electron chi connectivity index (χ3n) is 3.19. The number of benzene rings is 1. The van der Waals surface area contributed by atoms with Crippen molar-refractivity contribution in [2.45, 2.75) is 35.2 Å². The highest BCUT2D eigenvalue weighted by atomic mass is 32.2.